The summed E-state index contributed by atoms with van der Waals surface area (Å²) in [5.41, 5.74) is 0.996. The van der Waals surface area contributed by atoms with E-state index in [-0.39, 0.29) is 23.9 Å². The van der Waals surface area contributed by atoms with Crippen molar-refractivity contribution in [3.63, 3.8) is 0 Å². The third kappa shape index (κ3) is 9.15. The third-order valence-electron chi connectivity index (χ3n) is 10.7. The van der Waals surface area contributed by atoms with Crippen molar-refractivity contribution in [2.75, 3.05) is 51.8 Å². The van der Waals surface area contributed by atoms with Crippen LogP contribution in [-0.4, -0.2) is 103 Å². The van der Waals surface area contributed by atoms with E-state index in [1.165, 1.54) is 38.5 Å². The lowest BCUT2D eigenvalue weighted by molar-refractivity contribution is -0.156. The summed E-state index contributed by atoms with van der Waals surface area (Å²) in [7, 11) is -0.963. The summed E-state index contributed by atoms with van der Waals surface area (Å²) in [5, 5.41) is 0.976. The van der Waals surface area contributed by atoms with Crippen LogP contribution in [-0.2, 0) is 25.8 Å². The predicted molar refractivity (Wildman–Crippen MR) is 188 cm³/mol. The van der Waals surface area contributed by atoms with Crippen molar-refractivity contribution in [1.29, 1.82) is 0 Å². The van der Waals surface area contributed by atoms with Gasteiger partial charge in [-0.25, -0.2) is 18.4 Å². The van der Waals surface area contributed by atoms with E-state index in [1.54, 1.807) is 0 Å². The van der Waals surface area contributed by atoms with E-state index in [0.29, 0.717) is 24.9 Å². The molecule has 6 rings (SSSR count). The lowest BCUT2D eigenvalue weighted by Crippen LogP contribution is -2.43. The fraction of sp³-hybridized carbons (Fsp3) is 0.649. The topological polar surface area (TPSA) is 107 Å². The van der Waals surface area contributed by atoms with Gasteiger partial charge in [0.25, 0.3) is 0 Å². The largest absolute Gasteiger partial charge is 0.493 e. The van der Waals surface area contributed by atoms with Gasteiger partial charge >= 0.3 is 5.97 Å². The van der Waals surface area contributed by atoms with Crippen LogP contribution >= 0.6 is 0 Å². The maximum absolute atomic E-state index is 12.7. The number of aryl methyl sites for hydroxylation is 1. The first-order valence-corrected chi connectivity index (χ1v) is 20.0. The summed E-state index contributed by atoms with van der Waals surface area (Å²) in [6.07, 6.45) is 15.5. The maximum Gasteiger partial charge on any atom is 0.323 e. The van der Waals surface area contributed by atoms with Crippen molar-refractivity contribution in [2.24, 2.45) is 17.8 Å². The fourth-order valence-corrected chi connectivity index (χ4v) is 8.64. The highest BCUT2D eigenvalue weighted by Gasteiger charge is 2.35. The van der Waals surface area contributed by atoms with Crippen LogP contribution in [0.25, 0.3) is 16.7 Å². The number of hydrogen-bond acceptors (Lipinski definition) is 9. The highest BCUT2D eigenvalue weighted by atomic mass is 32.2. The van der Waals surface area contributed by atoms with Gasteiger partial charge in [-0.05, 0) is 94.0 Å². The van der Waals surface area contributed by atoms with Crippen LogP contribution in [0.1, 0.15) is 70.5 Å². The predicted octanol–water partition coefficient (Wildman–Crippen LogP) is 5.32. The van der Waals surface area contributed by atoms with Crippen LogP contribution in [0.3, 0.4) is 0 Å². The van der Waals surface area contributed by atoms with E-state index < -0.39 is 9.84 Å². The van der Waals surface area contributed by atoms with E-state index in [9.17, 15) is 13.2 Å². The van der Waals surface area contributed by atoms with Crippen LogP contribution in [0, 0.1) is 17.8 Å². The number of esters is 1. The second-order valence-corrected chi connectivity index (χ2v) is 17.0. The highest BCUT2D eigenvalue weighted by Crippen LogP contribution is 2.33. The number of piperidine rings is 1. The van der Waals surface area contributed by atoms with E-state index in [4.69, 9.17) is 14.5 Å². The number of carbonyl (C=O) groups excluding carboxylic acids is 1. The summed E-state index contributed by atoms with van der Waals surface area (Å²) in [5.74, 6) is 4.59. The van der Waals surface area contributed by atoms with Crippen molar-refractivity contribution < 1.29 is 22.7 Å². The molecular weight excluding hydrogens is 627 g/mol. The van der Waals surface area contributed by atoms with E-state index in [2.05, 4.69) is 26.3 Å². The van der Waals surface area contributed by atoms with Crippen LogP contribution < -0.4 is 4.74 Å². The Balaban J connectivity index is 0.926. The van der Waals surface area contributed by atoms with Gasteiger partial charge in [-0.1, -0.05) is 25.8 Å². The van der Waals surface area contributed by atoms with Crippen molar-refractivity contribution >= 4 is 26.7 Å². The zero-order valence-electron chi connectivity index (χ0n) is 28.9. The molecule has 2 saturated heterocycles. The van der Waals surface area contributed by atoms with Gasteiger partial charge in [0.15, 0.2) is 0 Å². The Morgan fingerprint density at radius 1 is 1.02 bits per heavy atom. The standard InChI is InChI=1S/C37H53N5O5S/c1-27-24-33(40(2)25-27)37(43)47-30-15-19-41(20-16-30)26-29-10-8-28(9-11-29)12-13-35-38-18-14-36(39-35)42-21-17-31-32(42)6-4-7-34(31)46-22-5-23-48(3,44)45/h4,6-7,14,17-18,21,27-30,33H,5,8-13,15-16,19-20,22-26H2,1-3H3/t27?,28?,29?,33-/m0/s1. The second-order valence-electron chi connectivity index (χ2n) is 14.7. The first-order chi connectivity index (χ1) is 23.1. The maximum atomic E-state index is 12.7. The molecule has 3 aliphatic rings. The number of fused-ring (bicyclic) bond motifs is 1. The van der Waals surface area contributed by atoms with Crippen molar-refractivity contribution in [3.8, 4) is 11.6 Å². The molecule has 1 aromatic carbocycles. The summed E-state index contributed by atoms with van der Waals surface area (Å²) in [6, 6.07) is 9.83. The Morgan fingerprint density at radius 3 is 2.52 bits per heavy atom. The molecule has 0 amide bonds. The molecule has 3 aromatic rings. The number of rotatable bonds is 13. The summed E-state index contributed by atoms with van der Waals surface area (Å²) >= 11 is 0. The molecule has 3 fully saturated rings. The van der Waals surface area contributed by atoms with E-state index in [0.717, 1.165) is 86.0 Å². The van der Waals surface area contributed by atoms with E-state index >= 15 is 0 Å². The van der Waals surface area contributed by atoms with Crippen LogP contribution in [0.5, 0.6) is 5.75 Å². The molecule has 1 unspecified atom stereocenters. The lowest BCUT2D eigenvalue weighted by atomic mass is 9.79. The number of benzene rings is 1. The quantitative estimate of drug-likeness (QED) is 0.175. The van der Waals surface area contributed by atoms with Crippen LogP contribution in [0.2, 0.25) is 0 Å². The molecule has 2 atom stereocenters. The number of ether oxygens (including phenoxy) is 2. The van der Waals surface area contributed by atoms with Gasteiger partial charge in [-0.15, -0.1) is 0 Å². The smallest absolute Gasteiger partial charge is 0.323 e. The minimum absolute atomic E-state index is 0.0184. The first-order valence-electron chi connectivity index (χ1n) is 18.0. The van der Waals surface area contributed by atoms with Gasteiger partial charge in [0.2, 0.25) is 0 Å². The number of likely N-dealkylation sites (N-methyl/N-ethyl adjacent to an activating group) is 1. The molecular formula is C37H53N5O5S. The molecule has 0 radical (unpaired) electrons. The number of aromatic nitrogens is 3. The molecule has 2 aromatic heterocycles. The number of sulfone groups is 1. The molecule has 10 nitrogen and oxygen atoms in total. The van der Waals surface area contributed by atoms with Crippen LogP contribution in [0.15, 0.2) is 42.7 Å². The average Bonchev–Trinajstić information content (AvgIpc) is 3.66. The lowest BCUT2D eigenvalue weighted by Gasteiger charge is -2.36. The van der Waals surface area contributed by atoms with Crippen molar-refractivity contribution in [2.45, 2.75) is 83.3 Å². The Labute approximate surface area is 286 Å². The van der Waals surface area contributed by atoms with Gasteiger partial charge < -0.3 is 18.9 Å². The number of hydrogen-bond donors (Lipinski definition) is 0. The summed E-state index contributed by atoms with van der Waals surface area (Å²) in [4.78, 5) is 27.0. The summed E-state index contributed by atoms with van der Waals surface area (Å²) < 4.78 is 36.9. The third-order valence-corrected chi connectivity index (χ3v) is 11.7. The van der Waals surface area contributed by atoms with Crippen LogP contribution in [0.4, 0.5) is 0 Å². The SMILES string of the molecule is CC1C[C@@H](C(=O)OC2CCN(CC3CCC(CCc4nccc(-n5ccc6c(OCCCS(C)(=O)=O)cccc65)n4)CC3)CC2)N(C)C1. The van der Waals surface area contributed by atoms with E-state index in [1.807, 2.05) is 49.8 Å². The zero-order valence-corrected chi connectivity index (χ0v) is 29.7. The number of nitrogens with zero attached hydrogens (tertiary/aromatic N) is 5. The number of likely N-dealkylation sites (tertiary alicyclic amines) is 2. The molecule has 0 bridgehead atoms. The molecule has 2 aliphatic heterocycles. The monoisotopic (exact) mass is 679 g/mol. The van der Waals surface area contributed by atoms with Crippen molar-refractivity contribution in [3.05, 3.63) is 48.5 Å². The average molecular weight is 680 g/mol. The minimum atomic E-state index is -3.00. The molecule has 262 valence electrons. The molecule has 4 heterocycles. The number of carbonyl (C=O) groups is 1. The Bertz CT molecular complexity index is 1630. The highest BCUT2D eigenvalue weighted by molar-refractivity contribution is 7.90. The molecule has 1 saturated carbocycles. The van der Waals surface area contributed by atoms with Gasteiger partial charge in [-0.2, -0.15) is 0 Å². The minimum Gasteiger partial charge on any atom is -0.493 e. The Morgan fingerprint density at radius 2 is 1.79 bits per heavy atom. The van der Waals surface area contributed by atoms with Gasteiger partial charge in [0.1, 0.15) is 39.4 Å². The Hall–Kier alpha value is -3.02. The molecule has 0 spiro atoms. The second kappa shape index (κ2) is 15.7. The molecule has 11 heteroatoms. The normalized spacial score (nSPS) is 24.6. The summed E-state index contributed by atoms with van der Waals surface area (Å²) in [6.45, 7) is 6.76. The van der Waals surface area contributed by atoms with Gasteiger partial charge in [-0.3, -0.25) is 9.69 Å². The Kier molecular flexibility index (Phi) is 11.4. The molecule has 1 aliphatic carbocycles. The fourth-order valence-electron chi connectivity index (χ4n) is 8.00. The zero-order chi connectivity index (χ0) is 33.7. The van der Waals surface area contributed by atoms with Gasteiger partial charge in [0, 0.05) is 56.6 Å². The van der Waals surface area contributed by atoms with Gasteiger partial charge in [0.05, 0.1) is 17.9 Å². The van der Waals surface area contributed by atoms with Crippen molar-refractivity contribution in [1.82, 2.24) is 24.3 Å². The first kappa shape index (κ1) is 34.8. The molecule has 0 N–H and O–H groups in total. The molecule has 48 heavy (non-hydrogen) atoms.